The minimum Gasteiger partial charge on any atom is -0.497 e. The van der Waals surface area contributed by atoms with Crippen LogP contribution in [0.4, 0.5) is 11.4 Å². The van der Waals surface area contributed by atoms with Crippen LogP contribution < -0.4 is 20.1 Å². The highest BCUT2D eigenvalue weighted by Gasteiger charge is 2.23. The normalized spacial score (nSPS) is 10.8. The Labute approximate surface area is 190 Å². The molecule has 0 unspecified atom stereocenters. The summed E-state index contributed by atoms with van der Waals surface area (Å²) < 4.78 is 16.3. The second-order valence-corrected chi connectivity index (χ2v) is 7.06. The van der Waals surface area contributed by atoms with Crippen LogP contribution in [0.1, 0.15) is 16.1 Å². The standard InChI is InChI=1S/C26H22N2O5/c1-31-18-13-14-20(22(16-18)32-2)27-26(30)25-24(19-10-6-7-11-21(19)33-25)28-23(29)15-12-17-8-4-3-5-9-17/h3-16H,1-2H3,(H,27,30)(H,28,29)/b15-12-. The van der Waals surface area contributed by atoms with Crippen LogP contribution in [0.2, 0.25) is 0 Å². The van der Waals surface area contributed by atoms with Gasteiger partial charge in [0.1, 0.15) is 22.8 Å². The van der Waals surface area contributed by atoms with E-state index in [2.05, 4.69) is 10.6 Å². The number of hydrogen-bond acceptors (Lipinski definition) is 5. The fourth-order valence-electron chi connectivity index (χ4n) is 3.31. The van der Waals surface area contributed by atoms with E-state index in [1.165, 1.54) is 13.2 Å². The molecule has 0 fully saturated rings. The first-order valence-corrected chi connectivity index (χ1v) is 10.2. The number of benzene rings is 3. The van der Waals surface area contributed by atoms with Crippen molar-refractivity contribution in [2.75, 3.05) is 24.9 Å². The zero-order valence-corrected chi connectivity index (χ0v) is 18.1. The number of nitrogens with one attached hydrogen (secondary N) is 2. The number of ether oxygens (including phenoxy) is 2. The lowest BCUT2D eigenvalue weighted by Crippen LogP contribution is -2.16. The molecule has 1 aromatic heterocycles. The van der Waals surface area contributed by atoms with Crippen molar-refractivity contribution in [3.05, 3.63) is 90.2 Å². The molecule has 166 valence electrons. The summed E-state index contributed by atoms with van der Waals surface area (Å²) in [6.07, 6.45) is 3.10. The summed E-state index contributed by atoms with van der Waals surface area (Å²) in [7, 11) is 3.04. The van der Waals surface area contributed by atoms with Gasteiger partial charge in [0.2, 0.25) is 11.7 Å². The van der Waals surface area contributed by atoms with Gasteiger partial charge >= 0.3 is 0 Å². The monoisotopic (exact) mass is 442 g/mol. The highest BCUT2D eigenvalue weighted by Crippen LogP contribution is 2.33. The van der Waals surface area contributed by atoms with Crippen LogP contribution in [0.25, 0.3) is 17.0 Å². The second kappa shape index (κ2) is 9.74. The molecule has 7 heteroatoms. The Kier molecular flexibility index (Phi) is 6.40. The number of carbonyl (C=O) groups is 2. The van der Waals surface area contributed by atoms with Gasteiger partial charge in [-0.3, -0.25) is 9.59 Å². The van der Waals surface area contributed by atoms with Crippen LogP contribution in [-0.4, -0.2) is 26.0 Å². The van der Waals surface area contributed by atoms with E-state index in [-0.39, 0.29) is 11.7 Å². The topological polar surface area (TPSA) is 89.8 Å². The molecule has 0 saturated carbocycles. The molecule has 0 aliphatic carbocycles. The van der Waals surface area contributed by atoms with Gasteiger partial charge in [0.15, 0.2) is 0 Å². The fraction of sp³-hybridized carbons (Fsp3) is 0.0769. The van der Waals surface area contributed by atoms with Crippen LogP contribution in [0.5, 0.6) is 11.5 Å². The van der Waals surface area contributed by atoms with Crippen molar-refractivity contribution >= 4 is 40.2 Å². The molecule has 2 amide bonds. The molecule has 7 nitrogen and oxygen atoms in total. The molecule has 0 aliphatic heterocycles. The molecule has 0 radical (unpaired) electrons. The quantitative estimate of drug-likeness (QED) is 0.377. The first kappa shape index (κ1) is 21.7. The Bertz CT molecular complexity index is 1330. The molecular weight excluding hydrogens is 420 g/mol. The molecule has 0 aliphatic rings. The number of carbonyl (C=O) groups excluding carboxylic acids is 2. The maximum atomic E-state index is 13.1. The van der Waals surface area contributed by atoms with E-state index in [4.69, 9.17) is 13.9 Å². The van der Waals surface area contributed by atoms with Gasteiger partial charge in [0.05, 0.1) is 19.9 Å². The minimum atomic E-state index is -0.531. The Morgan fingerprint density at radius 3 is 2.39 bits per heavy atom. The van der Waals surface area contributed by atoms with Crippen molar-refractivity contribution in [3.8, 4) is 11.5 Å². The number of furan rings is 1. The maximum absolute atomic E-state index is 13.1. The second-order valence-electron chi connectivity index (χ2n) is 7.06. The van der Waals surface area contributed by atoms with Crippen molar-refractivity contribution in [2.45, 2.75) is 0 Å². The number of para-hydroxylation sites is 1. The third-order valence-corrected chi connectivity index (χ3v) is 4.93. The Morgan fingerprint density at radius 2 is 1.64 bits per heavy atom. The third-order valence-electron chi connectivity index (χ3n) is 4.93. The van der Waals surface area contributed by atoms with Crippen molar-refractivity contribution in [1.29, 1.82) is 0 Å². The Balaban J connectivity index is 1.63. The zero-order valence-electron chi connectivity index (χ0n) is 18.1. The van der Waals surface area contributed by atoms with Gasteiger partial charge in [0, 0.05) is 17.5 Å². The van der Waals surface area contributed by atoms with Crippen molar-refractivity contribution < 1.29 is 23.5 Å². The van der Waals surface area contributed by atoms with Crippen molar-refractivity contribution in [2.24, 2.45) is 0 Å². The average molecular weight is 442 g/mol. The van der Waals surface area contributed by atoms with Gasteiger partial charge in [-0.25, -0.2) is 0 Å². The molecule has 2 N–H and O–H groups in total. The van der Waals surface area contributed by atoms with E-state index in [0.717, 1.165) is 5.56 Å². The van der Waals surface area contributed by atoms with E-state index in [0.29, 0.717) is 33.8 Å². The molecule has 0 spiro atoms. The molecule has 33 heavy (non-hydrogen) atoms. The highest BCUT2D eigenvalue weighted by atomic mass is 16.5. The van der Waals surface area contributed by atoms with Gasteiger partial charge in [-0.2, -0.15) is 0 Å². The number of fused-ring (bicyclic) bond motifs is 1. The van der Waals surface area contributed by atoms with Crippen LogP contribution in [0, 0.1) is 0 Å². The Morgan fingerprint density at radius 1 is 0.879 bits per heavy atom. The van der Waals surface area contributed by atoms with E-state index in [9.17, 15) is 9.59 Å². The van der Waals surface area contributed by atoms with Gasteiger partial charge in [-0.05, 0) is 35.9 Å². The van der Waals surface area contributed by atoms with Crippen LogP contribution in [-0.2, 0) is 4.79 Å². The predicted octanol–water partition coefficient (Wildman–Crippen LogP) is 5.35. The van der Waals surface area contributed by atoms with Gasteiger partial charge in [-0.15, -0.1) is 0 Å². The third kappa shape index (κ3) is 4.88. The van der Waals surface area contributed by atoms with Crippen LogP contribution in [0.15, 0.2) is 83.3 Å². The highest BCUT2D eigenvalue weighted by molar-refractivity contribution is 6.16. The zero-order chi connectivity index (χ0) is 23.2. The first-order valence-electron chi connectivity index (χ1n) is 10.2. The van der Waals surface area contributed by atoms with E-state index in [1.807, 2.05) is 36.4 Å². The minimum absolute atomic E-state index is 0.0180. The lowest BCUT2D eigenvalue weighted by atomic mass is 10.2. The summed E-state index contributed by atoms with van der Waals surface area (Å²) in [5.74, 6) is 0.0796. The lowest BCUT2D eigenvalue weighted by Gasteiger charge is -2.11. The van der Waals surface area contributed by atoms with E-state index >= 15 is 0 Å². The molecular formula is C26H22N2O5. The molecule has 3 aromatic carbocycles. The summed E-state index contributed by atoms with van der Waals surface area (Å²) >= 11 is 0. The predicted molar refractivity (Wildman–Crippen MR) is 128 cm³/mol. The fourth-order valence-corrected chi connectivity index (χ4v) is 3.31. The molecule has 0 bridgehead atoms. The Hall–Kier alpha value is -4.52. The summed E-state index contributed by atoms with van der Waals surface area (Å²) in [6.45, 7) is 0. The maximum Gasteiger partial charge on any atom is 0.293 e. The van der Waals surface area contributed by atoms with Crippen molar-refractivity contribution in [1.82, 2.24) is 0 Å². The van der Waals surface area contributed by atoms with Gasteiger partial charge in [0.25, 0.3) is 5.91 Å². The average Bonchev–Trinajstić information content (AvgIpc) is 3.22. The lowest BCUT2D eigenvalue weighted by molar-refractivity contribution is -0.111. The number of methoxy groups -OCH3 is 2. The molecule has 4 aromatic rings. The molecule has 1 heterocycles. The summed E-state index contributed by atoms with van der Waals surface area (Å²) in [6, 6.07) is 21.6. The first-order chi connectivity index (χ1) is 16.1. The SMILES string of the molecule is COc1ccc(NC(=O)c2oc3ccccc3c2NC(=O)/C=C\c2ccccc2)c(OC)c1. The molecule has 0 atom stereocenters. The number of rotatable bonds is 7. The smallest absolute Gasteiger partial charge is 0.293 e. The number of anilines is 2. The van der Waals surface area contributed by atoms with Gasteiger partial charge < -0.3 is 24.5 Å². The summed E-state index contributed by atoms with van der Waals surface area (Å²) in [5.41, 5.74) is 2.09. The van der Waals surface area contributed by atoms with E-state index < -0.39 is 5.91 Å². The number of amides is 2. The molecule has 0 saturated heterocycles. The number of hydrogen-bond donors (Lipinski definition) is 2. The van der Waals surface area contributed by atoms with E-state index in [1.54, 1.807) is 49.6 Å². The van der Waals surface area contributed by atoms with Crippen molar-refractivity contribution in [3.63, 3.8) is 0 Å². The van der Waals surface area contributed by atoms with Crippen LogP contribution >= 0.6 is 0 Å². The summed E-state index contributed by atoms with van der Waals surface area (Å²) in [5, 5.41) is 6.18. The summed E-state index contributed by atoms with van der Waals surface area (Å²) in [4.78, 5) is 25.8. The van der Waals surface area contributed by atoms with Gasteiger partial charge in [-0.1, -0.05) is 42.5 Å². The largest absolute Gasteiger partial charge is 0.497 e. The van der Waals surface area contributed by atoms with Crippen LogP contribution in [0.3, 0.4) is 0 Å². The molecule has 4 rings (SSSR count).